The number of thioether (sulfide) groups is 1. The second-order valence-electron chi connectivity index (χ2n) is 6.93. The molecule has 0 radical (unpaired) electrons. The number of benzene rings is 1. The van der Waals surface area contributed by atoms with E-state index >= 15 is 0 Å². The molecule has 1 aromatic rings. The summed E-state index contributed by atoms with van der Waals surface area (Å²) < 4.78 is 11.2. The van der Waals surface area contributed by atoms with E-state index in [-0.39, 0.29) is 18.4 Å². The van der Waals surface area contributed by atoms with Crippen molar-refractivity contribution < 1.29 is 19.1 Å². The van der Waals surface area contributed by atoms with Crippen LogP contribution in [0.2, 0.25) is 0 Å². The molecule has 2 aliphatic heterocycles. The summed E-state index contributed by atoms with van der Waals surface area (Å²) in [6.45, 7) is 7.39. The maximum Gasteiger partial charge on any atom is 0.266 e. The van der Waals surface area contributed by atoms with Crippen LogP contribution in [0.15, 0.2) is 29.2 Å². The Morgan fingerprint density at radius 3 is 2.73 bits per heavy atom. The fourth-order valence-corrected chi connectivity index (χ4v) is 4.42. The Labute approximate surface area is 186 Å². The minimum Gasteiger partial charge on any atom is -0.494 e. The molecule has 0 aliphatic carbocycles. The molecular formula is C21H27N3O4S2. The molecule has 162 valence electrons. The Hall–Kier alpha value is -1.94. The van der Waals surface area contributed by atoms with Crippen LogP contribution in [0, 0.1) is 0 Å². The quantitative estimate of drug-likeness (QED) is 0.352. The van der Waals surface area contributed by atoms with Crippen molar-refractivity contribution in [2.75, 3.05) is 52.5 Å². The Kier molecular flexibility index (Phi) is 8.68. The van der Waals surface area contributed by atoms with Gasteiger partial charge >= 0.3 is 0 Å². The average molecular weight is 450 g/mol. The zero-order chi connectivity index (χ0) is 21.3. The van der Waals surface area contributed by atoms with Crippen LogP contribution < -0.4 is 10.1 Å². The van der Waals surface area contributed by atoms with Crippen molar-refractivity contribution in [1.82, 2.24) is 15.1 Å². The molecule has 30 heavy (non-hydrogen) atoms. The van der Waals surface area contributed by atoms with Crippen LogP contribution in [0.1, 0.15) is 18.9 Å². The highest BCUT2D eigenvalue weighted by molar-refractivity contribution is 8.26. The number of ether oxygens (including phenoxy) is 2. The molecule has 9 heteroatoms. The Morgan fingerprint density at radius 1 is 1.30 bits per heavy atom. The van der Waals surface area contributed by atoms with Crippen LogP contribution in [0.5, 0.6) is 5.75 Å². The molecule has 1 aromatic carbocycles. The van der Waals surface area contributed by atoms with E-state index in [9.17, 15) is 9.59 Å². The van der Waals surface area contributed by atoms with Crippen LogP contribution in [0.3, 0.4) is 0 Å². The molecule has 0 spiro atoms. The summed E-state index contributed by atoms with van der Waals surface area (Å²) in [6.07, 6.45) is 2.65. The lowest BCUT2D eigenvalue weighted by atomic mass is 10.2. The zero-order valence-corrected chi connectivity index (χ0v) is 18.7. The smallest absolute Gasteiger partial charge is 0.266 e. The number of rotatable bonds is 9. The number of morpholine rings is 1. The van der Waals surface area contributed by atoms with Crippen molar-refractivity contribution in [3.63, 3.8) is 0 Å². The molecule has 0 atom stereocenters. The molecule has 2 heterocycles. The minimum absolute atomic E-state index is 0.0527. The van der Waals surface area contributed by atoms with Gasteiger partial charge in [-0.05, 0) is 43.7 Å². The molecular weight excluding hydrogens is 422 g/mol. The van der Waals surface area contributed by atoms with Gasteiger partial charge in [0.1, 0.15) is 16.6 Å². The summed E-state index contributed by atoms with van der Waals surface area (Å²) in [4.78, 5) is 29.2. The Balaban J connectivity index is 1.46. The van der Waals surface area contributed by atoms with Gasteiger partial charge in [-0.25, -0.2) is 0 Å². The Morgan fingerprint density at radius 2 is 2.03 bits per heavy atom. The molecule has 2 aliphatic rings. The molecule has 3 rings (SSSR count). The SMILES string of the molecule is CCOc1ccc(C=C2SC(=S)N(CC(=O)NCCCN3CCOCC3)C2=O)cc1. The van der Waals surface area contributed by atoms with E-state index in [2.05, 4.69) is 10.2 Å². The number of amides is 2. The second-order valence-corrected chi connectivity index (χ2v) is 8.60. The average Bonchev–Trinajstić information content (AvgIpc) is 3.01. The number of nitrogens with zero attached hydrogens (tertiary/aromatic N) is 2. The number of nitrogens with one attached hydrogen (secondary N) is 1. The molecule has 0 saturated carbocycles. The maximum atomic E-state index is 12.7. The monoisotopic (exact) mass is 449 g/mol. The fourth-order valence-electron chi connectivity index (χ4n) is 3.17. The lowest BCUT2D eigenvalue weighted by molar-refractivity contribution is -0.128. The van der Waals surface area contributed by atoms with E-state index in [1.54, 1.807) is 6.08 Å². The summed E-state index contributed by atoms with van der Waals surface area (Å²) in [5.41, 5.74) is 0.881. The highest BCUT2D eigenvalue weighted by atomic mass is 32.2. The normalized spacial score (nSPS) is 18.8. The fraction of sp³-hybridized carbons (Fsp3) is 0.476. The molecule has 2 fully saturated rings. The molecule has 0 unspecified atom stereocenters. The van der Waals surface area contributed by atoms with Gasteiger partial charge in [-0.2, -0.15) is 0 Å². The lowest BCUT2D eigenvalue weighted by Crippen LogP contribution is -2.41. The van der Waals surface area contributed by atoms with Crippen LogP contribution >= 0.6 is 24.0 Å². The highest BCUT2D eigenvalue weighted by Gasteiger charge is 2.33. The van der Waals surface area contributed by atoms with E-state index in [0.717, 1.165) is 50.6 Å². The van der Waals surface area contributed by atoms with E-state index in [1.165, 1.54) is 16.7 Å². The number of carbonyl (C=O) groups is 2. The number of hydrogen-bond donors (Lipinski definition) is 1. The van der Waals surface area contributed by atoms with Crippen LogP contribution in [0.25, 0.3) is 6.08 Å². The first-order valence-electron chi connectivity index (χ1n) is 10.1. The van der Waals surface area contributed by atoms with Gasteiger partial charge in [-0.1, -0.05) is 36.1 Å². The van der Waals surface area contributed by atoms with E-state index in [4.69, 9.17) is 21.7 Å². The third-order valence-electron chi connectivity index (χ3n) is 4.74. The van der Waals surface area contributed by atoms with Gasteiger partial charge in [0.25, 0.3) is 5.91 Å². The largest absolute Gasteiger partial charge is 0.494 e. The topological polar surface area (TPSA) is 71.1 Å². The summed E-state index contributed by atoms with van der Waals surface area (Å²) in [7, 11) is 0. The maximum absolute atomic E-state index is 12.7. The molecule has 1 N–H and O–H groups in total. The first-order chi connectivity index (χ1) is 14.6. The number of carbonyl (C=O) groups excluding carboxylic acids is 2. The van der Waals surface area contributed by atoms with Gasteiger partial charge in [0, 0.05) is 19.6 Å². The van der Waals surface area contributed by atoms with Crippen molar-refractivity contribution in [3.8, 4) is 5.75 Å². The molecule has 7 nitrogen and oxygen atoms in total. The van der Waals surface area contributed by atoms with Gasteiger partial charge in [0.05, 0.1) is 24.7 Å². The van der Waals surface area contributed by atoms with Crippen molar-refractivity contribution >= 4 is 46.2 Å². The van der Waals surface area contributed by atoms with E-state index < -0.39 is 0 Å². The van der Waals surface area contributed by atoms with Crippen molar-refractivity contribution in [3.05, 3.63) is 34.7 Å². The molecule has 2 amide bonds. The van der Waals surface area contributed by atoms with Crippen molar-refractivity contribution in [2.45, 2.75) is 13.3 Å². The second kappa shape index (κ2) is 11.5. The highest BCUT2D eigenvalue weighted by Crippen LogP contribution is 2.32. The van der Waals surface area contributed by atoms with Crippen LogP contribution in [-0.2, 0) is 14.3 Å². The third kappa shape index (κ3) is 6.53. The lowest BCUT2D eigenvalue weighted by Gasteiger charge is -2.26. The predicted molar refractivity (Wildman–Crippen MR) is 122 cm³/mol. The zero-order valence-electron chi connectivity index (χ0n) is 17.1. The molecule has 2 saturated heterocycles. The van der Waals surface area contributed by atoms with Gasteiger partial charge in [0.2, 0.25) is 5.91 Å². The van der Waals surface area contributed by atoms with E-state index in [1.807, 2.05) is 31.2 Å². The standard InChI is InChI=1S/C21H27N3O4S2/c1-2-28-17-6-4-16(5-7-17)14-18-20(26)24(21(29)30-18)15-19(25)22-8-3-9-23-10-12-27-13-11-23/h4-7,14H,2-3,8-13,15H2,1H3,(H,22,25). The first kappa shape index (κ1) is 22.7. The summed E-state index contributed by atoms with van der Waals surface area (Å²) in [6, 6.07) is 7.50. The first-order valence-corrected chi connectivity index (χ1v) is 11.3. The summed E-state index contributed by atoms with van der Waals surface area (Å²) in [5, 5.41) is 2.88. The van der Waals surface area contributed by atoms with Crippen molar-refractivity contribution in [2.24, 2.45) is 0 Å². The van der Waals surface area contributed by atoms with Gasteiger partial charge in [-0.3, -0.25) is 19.4 Å². The summed E-state index contributed by atoms with van der Waals surface area (Å²) >= 11 is 6.53. The third-order valence-corrected chi connectivity index (χ3v) is 6.12. The van der Waals surface area contributed by atoms with Gasteiger partial charge in [-0.15, -0.1) is 0 Å². The summed E-state index contributed by atoms with van der Waals surface area (Å²) in [5.74, 6) is 0.352. The molecule has 0 bridgehead atoms. The number of hydrogen-bond acceptors (Lipinski definition) is 7. The van der Waals surface area contributed by atoms with E-state index in [0.29, 0.717) is 22.4 Å². The molecule has 0 aromatic heterocycles. The predicted octanol–water partition coefficient (Wildman–Crippen LogP) is 2.12. The van der Waals surface area contributed by atoms with Crippen LogP contribution in [-0.4, -0.2) is 78.5 Å². The number of thiocarbonyl (C=S) groups is 1. The van der Waals surface area contributed by atoms with Crippen LogP contribution in [0.4, 0.5) is 0 Å². The van der Waals surface area contributed by atoms with Gasteiger partial charge in [0.15, 0.2) is 0 Å². The Bertz CT molecular complexity index is 792. The van der Waals surface area contributed by atoms with Gasteiger partial charge < -0.3 is 14.8 Å². The van der Waals surface area contributed by atoms with Crippen molar-refractivity contribution in [1.29, 1.82) is 0 Å². The minimum atomic E-state index is -0.234.